The van der Waals surface area contributed by atoms with Crippen LogP contribution in [0, 0.1) is 0 Å². The van der Waals surface area contributed by atoms with Crippen LogP contribution in [0.4, 0.5) is 13.2 Å². The van der Waals surface area contributed by atoms with Gasteiger partial charge < -0.3 is 4.42 Å². The number of thiazole rings is 1. The first kappa shape index (κ1) is 22.5. The number of hydrogen-bond donors (Lipinski definition) is 0. The van der Waals surface area contributed by atoms with Crippen LogP contribution >= 0.6 is 23.1 Å². The van der Waals surface area contributed by atoms with Crippen molar-refractivity contribution in [1.82, 2.24) is 19.4 Å². The molecule has 0 spiro atoms. The van der Waals surface area contributed by atoms with E-state index in [9.17, 15) is 18.0 Å². The first-order chi connectivity index (χ1) is 17.3. The molecule has 0 aliphatic rings. The van der Waals surface area contributed by atoms with E-state index in [4.69, 9.17) is 4.42 Å². The molecule has 0 atom stereocenters. The fourth-order valence-electron chi connectivity index (χ4n) is 3.67. The molecule has 4 aromatic heterocycles. The number of para-hydroxylation sites is 2. The summed E-state index contributed by atoms with van der Waals surface area (Å²) in [6.45, 7) is 0. The molecule has 36 heavy (non-hydrogen) atoms. The van der Waals surface area contributed by atoms with E-state index in [1.807, 2.05) is 24.3 Å². The summed E-state index contributed by atoms with van der Waals surface area (Å²) in [5.74, 6) is 0.374. The number of benzene rings is 2. The first-order valence-corrected chi connectivity index (χ1v) is 12.2. The maximum Gasteiger partial charge on any atom is 0.433 e. The number of fused-ring (bicyclic) bond motifs is 3. The maximum absolute atomic E-state index is 13.5. The average Bonchev–Trinajstić information content (AvgIpc) is 3.54. The Morgan fingerprint density at radius 1 is 0.944 bits per heavy atom. The highest BCUT2D eigenvalue weighted by Crippen LogP contribution is 2.34. The van der Waals surface area contributed by atoms with Gasteiger partial charge >= 0.3 is 6.18 Å². The highest BCUT2D eigenvalue weighted by atomic mass is 32.2. The molecule has 0 aliphatic heterocycles. The van der Waals surface area contributed by atoms with Gasteiger partial charge in [0.25, 0.3) is 5.56 Å². The molecule has 0 saturated heterocycles. The van der Waals surface area contributed by atoms with Gasteiger partial charge in [0.15, 0.2) is 15.2 Å². The third kappa shape index (κ3) is 4.16. The summed E-state index contributed by atoms with van der Waals surface area (Å²) in [7, 11) is 0. The Bertz CT molecular complexity index is 1840. The Labute approximate surface area is 208 Å². The standard InChI is InChI=1S/C25H13F3N4O2S2/c26-25(27,28)20-13-17(14-6-2-1-3-7-14)29-23(31-20)36-21-11-10-15(34-21)12-19-22(33)32-18-9-5-4-8-16(18)30-24(32)35-19/h1-13H/b19-12+. The molecule has 0 radical (unpaired) electrons. The second kappa shape index (κ2) is 8.61. The summed E-state index contributed by atoms with van der Waals surface area (Å²) in [4.78, 5) is 26.0. The van der Waals surface area contributed by atoms with Crippen LogP contribution < -0.4 is 10.1 Å². The number of nitrogens with zero attached hydrogens (tertiary/aromatic N) is 4. The number of furan rings is 1. The van der Waals surface area contributed by atoms with Crippen molar-refractivity contribution in [3.63, 3.8) is 0 Å². The van der Waals surface area contributed by atoms with Gasteiger partial charge in [0.1, 0.15) is 16.0 Å². The van der Waals surface area contributed by atoms with E-state index in [0.717, 1.165) is 28.9 Å². The minimum atomic E-state index is -4.63. The third-order valence-electron chi connectivity index (χ3n) is 5.28. The third-order valence-corrected chi connectivity index (χ3v) is 7.03. The van der Waals surface area contributed by atoms with Crippen LogP contribution in [0.1, 0.15) is 11.5 Å². The van der Waals surface area contributed by atoms with Crippen LogP contribution in [0.5, 0.6) is 0 Å². The van der Waals surface area contributed by atoms with E-state index in [-0.39, 0.29) is 16.4 Å². The molecule has 178 valence electrons. The van der Waals surface area contributed by atoms with Gasteiger partial charge in [-0.1, -0.05) is 53.8 Å². The molecule has 0 saturated carbocycles. The highest BCUT2D eigenvalue weighted by molar-refractivity contribution is 7.99. The number of alkyl halides is 3. The van der Waals surface area contributed by atoms with Gasteiger partial charge in [-0.2, -0.15) is 13.2 Å². The fourth-order valence-corrected chi connectivity index (χ4v) is 5.38. The zero-order valence-electron chi connectivity index (χ0n) is 18.1. The minimum Gasteiger partial charge on any atom is -0.450 e. The normalized spacial score (nSPS) is 12.7. The topological polar surface area (TPSA) is 73.3 Å². The molecule has 11 heteroatoms. The lowest BCUT2D eigenvalue weighted by Gasteiger charge is -2.09. The molecule has 0 amide bonds. The Morgan fingerprint density at radius 2 is 1.72 bits per heavy atom. The SMILES string of the molecule is O=c1/c(=C\c2ccc(Sc3nc(-c4ccccc4)cc(C(F)(F)F)n3)o2)sc2nc3ccccc3n12. The predicted molar refractivity (Wildman–Crippen MR) is 131 cm³/mol. The summed E-state index contributed by atoms with van der Waals surface area (Å²) in [6.07, 6.45) is -3.04. The van der Waals surface area contributed by atoms with Gasteiger partial charge in [-0.05, 0) is 42.1 Å². The molecular weight excluding hydrogens is 509 g/mol. The van der Waals surface area contributed by atoms with E-state index in [1.165, 1.54) is 11.3 Å². The van der Waals surface area contributed by atoms with Crippen molar-refractivity contribution in [2.75, 3.05) is 0 Å². The quantitative estimate of drug-likeness (QED) is 0.278. The van der Waals surface area contributed by atoms with Crippen molar-refractivity contribution >= 4 is 45.2 Å². The minimum absolute atomic E-state index is 0.102. The Morgan fingerprint density at radius 3 is 2.53 bits per heavy atom. The summed E-state index contributed by atoms with van der Waals surface area (Å²) in [5.41, 5.74) is 0.897. The van der Waals surface area contributed by atoms with Crippen LogP contribution in [0.15, 0.2) is 92.3 Å². The molecule has 2 aromatic carbocycles. The largest absolute Gasteiger partial charge is 0.450 e. The predicted octanol–water partition coefficient (Wildman–Crippen LogP) is 5.68. The zero-order chi connectivity index (χ0) is 24.9. The number of rotatable bonds is 4. The van der Waals surface area contributed by atoms with Crippen LogP contribution in [0.25, 0.3) is 33.3 Å². The Hall–Kier alpha value is -3.96. The van der Waals surface area contributed by atoms with Gasteiger partial charge in [-0.25, -0.2) is 19.4 Å². The van der Waals surface area contributed by atoms with Gasteiger partial charge in [-0.15, -0.1) is 0 Å². The Balaban J connectivity index is 1.34. The molecule has 4 heterocycles. The lowest BCUT2D eigenvalue weighted by Crippen LogP contribution is -2.22. The molecule has 0 N–H and O–H groups in total. The van der Waals surface area contributed by atoms with E-state index in [2.05, 4.69) is 15.0 Å². The molecule has 0 unspecified atom stereocenters. The maximum atomic E-state index is 13.5. The van der Waals surface area contributed by atoms with E-state index in [1.54, 1.807) is 52.9 Å². The summed E-state index contributed by atoms with van der Waals surface area (Å²) in [6, 6.07) is 20.1. The van der Waals surface area contributed by atoms with Crippen LogP contribution in [-0.2, 0) is 6.18 Å². The average molecular weight is 523 g/mol. The Kier molecular flexibility index (Phi) is 5.38. The molecule has 6 rings (SSSR count). The molecule has 6 nitrogen and oxygen atoms in total. The highest BCUT2D eigenvalue weighted by Gasteiger charge is 2.34. The van der Waals surface area contributed by atoms with Crippen molar-refractivity contribution in [3.05, 3.63) is 99.1 Å². The van der Waals surface area contributed by atoms with Crippen molar-refractivity contribution in [2.24, 2.45) is 0 Å². The monoisotopic (exact) mass is 522 g/mol. The molecular formula is C25H13F3N4O2S2. The molecule has 6 aromatic rings. The van der Waals surface area contributed by atoms with Gasteiger partial charge in [-0.3, -0.25) is 4.79 Å². The number of halogens is 3. The lowest BCUT2D eigenvalue weighted by atomic mass is 10.1. The van der Waals surface area contributed by atoms with Crippen molar-refractivity contribution in [2.45, 2.75) is 16.4 Å². The van der Waals surface area contributed by atoms with Crippen molar-refractivity contribution in [1.29, 1.82) is 0 Å². The number of imidazole rings is 1. The number of aromatic nitrogens is 4. The first-order valence-electron chi connectivity index (χ1n) is 10.6. The van der Waals surface area contributed by atoms with E-state index in [0.29, 0.717) is 25.9 Å². The van der Waals surface area contributed by atoms with Crippen LogP contribution in [0.3, 0.4) is 0 Å². The lowest BCUT2D eigenvalue weighted by molar-refractivity contribution is -0.141. The smallest absolute Gasteiger partial charge is 0.433 e. The summed E-state index contributed by atoms with van der Waals surface area (Å²) in [5, 5.41) is 0.189. The fraction of sp³-hybridized carbons (Fsp3) is 0.0400. The molecule has 0 aliphatic carbocycles. The molecule has 0 bridgehead atoms. The number of hydrogen-bond acceptors (Lipinski definition) is 7. The van der Waals surface area contributed by atoms with Crippen LogP contribution in [0.2, 0.25) is 0 Å². The van der Waals surface area contributed by atoms with Crippen molar-refractivity contribution in [3.8, 4) is 11.3 Å². The van der Waals surface area contributed by atoms with Crippen LogP contribution in [-0.4, -0.2) is 19.4 Å². The van der Waals surface area contributed by atoms with E-state index >= 15 is 0 Å². The summed E-state index contributed by atoms with van der Waals surface area (Å²) < 4.78 is 48.2. The van der Waals surface area contributed by atoms with Gasteiger partial charge in [0, 0.05) is 11.6 Å². The van der Waals surface area contributed by atoms with Crippen molar-refractivity contribution < 1.29 is 17.6 Å². The second-order valence-corrected chi connectivity index (χ2v) is 9.66. The zero-order valence-corrected chi connectivity index (χ0v) is 19.7. The van der Waals surface area contributed by atoms with E-state index < -0.39 is 11.9 Å². The van der Waals surface area contributed by atoms with Gasteiger partial charge in [0.05, 0.1) is 16.7 Å². The second-order valence-electron chi connectivity index (χ2n) is 7.68. The summed E-state index contributed by atoms with van der Waals surface area (Å²) >= 11 is 2.10. The van der Waals surface area contributed by atoms with Gasteiger partial charge in [0.2, 0.25) is 0 Å². The molecule has 0 fully saturated rings.